The Morgan fingerprint density at radius 1 is 1.08 bits per heavy atom. The first-order chi connectivity index (χ1) is 11.8. The van der Waals surface area contributed by atoms with Crippen LogP contribution in [0.4, 0.5) is 0 Å². The Morgan fingerprint density at radius 3 is 2.44 bits per heavy atom. The van der Waals surface area contributed by atoms with Crippen LogP contribution in [0.5, 0.6) is 0 Å². The van der Waals surface area contributed by atoms with Crippen LogP contribution in [0.1, 0.15) is 39.5 Å². The summed E-state index contributed by atoms with van der Waals surface area (Å²) in [4.78, 5) is 10.2. The first-order valence-corrected chi connectivity index (χ1v) is 10.2. The molecule has 5 nitrogen and oxygen atoms in total. The van der Waals surface area contributed by atoms with Gasteiger partial charge in [-0.1, -0.05) is 6.92 Å². The van der Waals surface area contributed by atoms with Gasteiger partial charge in [-0.05, 0) is 51.6 Å². The summed E-state index contributed by atoms with van der Waals surface area (Å²) in [5.41, 5.74) is 0. The first-order valence-electron chi connectivity index (χ1n) is 10.2. The third-order valence-electron chi connectivity index (χ3n) is 6.50. The normalized spacial score (nSPS) is 37.4. The topological polar surface area (TPSA) is 40.1 Å². The van der Waals surface area contributed by atoms with Gasteiger partial charge in [-0.25, -0.2) is 0 Å². The minimum absolute atomic E-state index is 0. The molecule has 0 spiro atoms. The third-order valence-corrected chi connectivity index (χ3v) is 6.50. The van der Waals surface area contributed by atoms with E-state index in [0.29, 0.717) is 12.2 Å². The van der Waals surface area contributed by atoms with Crippen LogP contribution in [0.2, 0.25) is 0 Å². The highest BCUT2D eigenvalue weighted by atomic mass is 127. The standard InChI is InChI=1S/C19H34N4O.HI/c1-3-8-22-9-7-14(11-22)10-21-19(20-4-2)23-12-15-16(13-23)18-6-5-17(15)24-18;/h14-18H,3-13H2,1-2H3,(H,20,21);1H. The molecule has 4 aliphatic rings. The number of halogens is 1. The Balaban J connectivity index is 0.00000182. The maximum Gasteiger partial charge on any atom is 0.193 e. The number of aliphatic imine (C=N–C) groups is 1. The molecule has 1 N–H and O–H groups in total. The smallest absolute Gasteiger partial charge is 0.193 e. The number of ether oxygens (including phenoxy) is 1. The zero-order chi connectivity index (χ0) is 16.5. The molecule has 4 aliphatic heterocycles. The molecule has 4 fully saturated rings. The van der Waals surface area contributed by atoms with E-state index in [2.05, 4.69) is 29.0 Å². The lowest BCUT2D eigenvalue weighted by atomic mass is 9.82. The molecule has 0 aromatic rings. The van der Waals surface area contributed by atoms with Crippen LogP contribution in [0.15, 0.2) is 4.99 Å². The predicted molar refractivity (Wildman–Crippen MR) is 113 cm³/mol. The van der Waals surface area contributed by atoms with Gasteiger partial charge in [0.05, 0.1) is 12.2 Å². The summed E-state index contributed by atoms with van der Waals surface area (Å²) in [5.74, 6) is 3.39. The molecule has 144 valence electrons. The molecule has 5 unspecified atom stereocenters. The van der Waals surface area contributed by atoms with E-state index in [1.165, 1.54) is 45.3 Å². The lowest BCUT2D eigenvalue weighted by Crippen LogP contribution is -2.41. The Hall–Kier alpha value is -0.0800. The minimum Gasteiger partial charge on any atom is -0.374 e. The molecule has 0 aromatic heterocycles. The summed E-state index contributed by atoms with van der Waals surface area (Å²) in [6.07, 6.45) is 6.20. The Bertz CT molecular complexity index is 456. The number of likely N-dealkylation sites (tertiary alicyclic amines) is 2. The van der Waals surface area contributed by atoms with Crippen LogP contribution in [-0.2, 0) is 4.74 Å². The van der Waals surface area contributed by atoms with Gasteiger partial charge in [0.1, 0.15) is 0 Å². The minimum atomic E-state index is 0. The van der Waals surface area contributed by atoms with Crippen LogP contribution < -0.4 is 5.32 Å². The monoisotopic (exact) mass is 462 g/mol. The highest BCUT2D eigenvalue weighted by Gasteiger charge is 2.53. The number of nitrogens with zero attached hydrogens (tertiary/aromatic N) is 3. The van der Waals surface area contributed by atoms with Gasteiger partial charge in [0.25, 0.3) is 0 Å². The van der Waals surface area contributed by atoms with Crippen LogP contribution in [0.3, 0.4) is 0 Å². The van der Waals surface area contributed by atoms with E-state index >= 15 is 0 Å². The molecule has 4 saturated heterocycles. The maximum atomic E-state index is 6.11. The van der Waals surface area contributed by atoms with E-state index in [0.717, 1.165) is 49.9 Å². The zero-order valence-electron chi connectivity index (χ0n) is 15.8. The first kappa shape index (κ1) is 19.7. The average Bonchev–Trinajstić information content (AvgIpc) is 3.32. The van der Waals surface area contributed by atoms with Crippen molar-refractivity contribution in [2.45, 2.75) is 51.7 Å². The van der Waals surface area contributed by atoms with Crippen LogP contribution >= 0.6 is 24.0 Å². The number of hydrogen-bond donors (Lipinski definition) is 1. The zero-order valence-corrected chi connectivity index (χ0v) is 18.2. The second kappa shape index (κ2) is 8.74. The van der Waals surface area contributed by atoms with Gasteiger partial charge in [0.2, 0.25) is 0 Å². The van der Waals surface area contributed by atoms with Crippen molar-refractivity contribution in [3.8, 4) is 0 Å². The Kier molecular flexibility index (Phi) is 6.88. The summed E-state index contributed by atoms with van der Waals surface area (Å²) in [5, 5.41) is 3.55. The second-order valence-corrected chi connectivity index (χ2v) is 8.17. The maximum absolute atomic E-state index is 6.11. The summed E-state index contributed by atoms with van der Waals surface area (Å²) in [6.45, 7) is 12.4. The molecule has 0 radical (unpaired) electrons. The van der Waals surface area contributed by atoms with Gasteiger partial charge in [0.15, 0.2) is 5.96 Å². The van der Waals surface area contributed by atoms with Crippen molar-refractivity contribution in [3.05, 3.63) is 0 Å². The molecule has 25 heavy (non-hydrogen) atoms. The van der Waals surface area contributed by atoms with Gasteiger partial charge >= 0.3 is 0 Å². The van der Waals surface area contributed by atoms with Crippen LogP contribution in [0, 0.1) is 17.8 Å². The molecule has 6 heteroatoms. The summed E-state index contributed by atoms with van der Waals surface area (Å²) in [7, 11) is 0. The van der Waals surface area contributed by atoms with Gasteiger partial charge < -0.3 is 19.9 Å². The van der Waals surface area contributed by atoms with Crippen molar-refractivity contribution in [3.63, 3.8) is 0 Å². The van der Waals surface area contributed by atoms with Crippen molar-refractivity contribution in [2.75, 3.05) is 45.8 Å². The van der Waals surface area contributed by atoms with Crippen molar-refractivity contribution >= 4 is 29.9 Å². The van der Waals surface area contributed by atoms with Gasteiger partial charge in [-0.3, -0.25) is 4.99 Å². The van der Waals surface area contributed by atoms with E-state index in [1.54, 1.807) is 0 Å². The van der Waals surface area contributed by atoms with E-state index in [-0.39, 0.29) is 24.0 Å². The molecule has 0 aromatic carbocycles. The summed E-state index contributed by atoms with van der Waals surface area (Å²) >= 11 is 0. The third kappa shape index (κ3) is 4.10. The highest BCUT2D eigenvalue weighted by molar-refractivity contribution is 14.0. The Morgan fingerprint density at radius 2 is 1.80 bits per heavy atom. The lowest BCUT2D eigenvalue weighted by molar-refractivity contribution is 0.0767. The van der Waals surface area contributed by atoms with Crippen molar-refractivity contribution in [2.24, 2.45) is 22.7 Å². The fraction of sp³-hybridized carbons (Fsp3) is 0.947. The molecular formula is C19H35IN4O. The lowest BCUT2D eigenvalue weighted by Gasteiger charge is -2.24. The second-order valence-electron chi connectivity index (χ2n) is 8.17. The number of hydrogen-bond acceptors (Lipinski definition) is 3. The van der Waals surface area contributed by atoms with E-state index in [1.807, 2.05) is 0 Å². The molecule has 2 bridgehead atoms. The van der Waals surface area contributed by atoms with E-state index < -0.39 is 0 Å². The molecule has 0 saturated carbocycles. The van der Waals surface area contributed by atoms with Gasteiger partial charge in [0, 0.05) is 44.6 Å². The van der Waals surface area contributed by atoms with Crippen LogP contribution in [0.25, 0.3) is 0 Å². The largest absolute Gasteiger partial charge is 0.374 e. The van der Waals surface area contributed by atoms with Crippen LogP contribution in [-0.4, -0.2) is 73.8 Å². The highest BCUT2D eigenvalue weighted by Crippen LogP contribution is 2.47. The van der Waals surface area contributed by atoms with Gasteiger partial charge in [-0.15, -0.1) is 24.0 Å². The van der Waals surface area contributed by atoms with Crippen molar-refractivity contribution in [1.82, 2.24) is 15.1 Å². The molecule has 5 atom stereocenters. The summed E-state index contributed by atoms with van der Waals surface area (Å²) in [6, 6.07) is 0. The molecule has 0 amide bonds. The molecular weight excluding hydrogens is 427 g/mol. The molecule has 0 aliphatic carbocycles. The summed E-state index contributed by atoms with van der Waals surface area (Å²) < 4.78 is 6.11. The van der Waals surface area contributed by atoms with Crippen molar-refractivity contribution in [1.29, 1.82) is 0 Å². The molecule has 4 rings (SSSR count). The fourth-order valence-corrected chi connectivity index (χ4v) is 5.36. The predicted octanol–water partition coefficient (Wildman–Crippen LogP) is 2.41. The van der Waals surface area contributed by atoms with E-state index in [4.69, 9.17) is 9.73 Å². The van der Waals surface area contributed by atoms with E-state index in [9.17, 15) is 0 Å². The van der Waals surface area contributed by atoms with Crippen molar-refractivity contribution < 1.29 is 4.74 Å². The van der Waals surface area contributed by atoms with Gasteiger partial charge in [-0.2, -0.15) is 0 Å². The number of fused-ring (bicyclic) bond motifs is 5. The number of nitrogens with one attached hydrogen (secondary N) is 1. The molecule has 4 heterocycles. The Labute approximate surface area is 170 Å². The fourth-order valence-electron chi connectivity index (χ4n) is 5.36. The quantitative estimate of drug-likeness (QED) is 0.387. The average molecular weight is 462 g/mol. The number of guanidine groups is 1. The number of rotatable bonds is 5. The SMILES string of the molecule is CCCN1CCC(CN=C(NCC)N2CC3C4CCC(O4)C3C2)C1.I.